The van der Waals surface area contributed by atoms with Crippen molar-refractivity contribution in [3.05, 3.63) is 36.6 Å². The highest BCUT2D eigenvalue weighted by Gasteiger charge is 2.23. The van der Waals surface area contributed by atoms with Gasteiger partial charge in [0, 0.05) is 17.8 Å². The van der Waals surface area contributed by atoms with Crippen LogP contribution in [0.1, 0.15) is 26.8 Å². The first-order valence-electron chi connectivity index (χ1n) is 8.89. The summed E-state index contributed by atoms with van der Waals surface area (Å²) in [6.45, 7) is 6.11. The number of carbonyl (C=O) groups is 1. The molecule has 0 radical (unpaired) electrons. The number of hydrogen-bond donors (Lipinski definition) is 1. The SMILES string of the molecule is CC(C)n1c(S[C@@H](C)C(=O)Nc2ccc3c(c2)OCO3)nnc1-c1ccco1. The second kappa shape index (κ2) is 7.59. The molecule has 28 heavy (non-hydrogen) atoms. The standard InChI is InChI=1S/C19H20N4O4S/c1-11(2)23-17(15-5-4-8-25-15)21-22-19(23)28-12(3)18(24)20-13-6-7-14-16(9-13)27-10-26-14/h4-9,11-12H,10H2,1-3H3,(H,20,24)/t12-/m0/s1. The lowest BCUT2D eigenvalue weighted by atomic mass is 10.2. The number of hydrogen-bond acceptors (Lipinski definition) is 7. The molecule has 3 aromatic rings. The van der Waals surface area contributed by atoms with E-state index < -0.39 is 0 Å². The molecule has 0 bridgehead atoms. The molecule has 1 N–H and O–H groups in total. The Bertz CT molecular complexity index is 984. The number of ether oxygens (including phenoxy) is 2. The molecule has 1 aromatic carbocycles. The van der Waals surface area contributed by atoms with Crippen LogP contribution in [0.5, 0.6) is 11.5 Å². The Kier molecular flexibility index (Phi) is 4.99. The van der Waals surface area contributed by atoms with Crippen LogP contribution in [-0.2, 0) is 4.79 Å². The van der Waals surface area contributed by atoms with E-state index >= 15 is 0 Å². The van der Waals surface area contributed by atoms with Gasteiger partial charge in [-0.15, -0.1) is 10.2 Å². The molecule has 8 nitrogen and oxygen atoms in total. The highest BCUT2D eigenvalue weighted by molar-refractivity contribution is 8.00. The van der Waals surface area contributed by atoms with Gasteiger partial charge in [-0.3, -0.25) is 9.36 Å². The first kappa shape index (κ1) is 18.4. The third-order valence-corrected chi connectivity index (χ3v) is 5.27. The normalized spacial score (nSPS) is 13.7. The minimum absolute atomic E-state index is 0.113. The maximum atomic E-state index is 12.7. The second-order valence-corrected chi connectivity index (χ2v) is 7.87. The smallest absolute Gasteiger partial charge is 0.237 e. The molecule has 1 atom stereocenters. The van der Waals surface area contributed by atoms with E-state index in [4.69, 9.17) is 13.9 Å². The number of anilines is 1. The average Bonchev–Trinajstić information content (AvgIpc) is 3.41. The molecule has 0 saturated carbocycles. The van der Waals surface area contributed by atoms with Gasteiger partial charge in [-0.1, -0.05) is 11.8 Å². The van der Waals surface area contributed by atoms with Gasteiger partial charge < -0.3 is 19.2 Å². The minimum atomic E-state index is -0.378. The Labute approximate surface area is 166 Å². The molecule has 1 aliphatic heterocycles. The average molecular weight is 400 g/mol. The van der Waals surface area contributed by atoms with Crippen LogP contribution in [0.2, 0.25) is 0 Å². The summed E-state index contributed by atoms with van der Waals surface area (Å²) in [5.41, 5.74) is 0.656. The molecular weight excluding hydrogens is 380 g/mol. The fraction of sp³-hybridized carbons (Fsp3) is 0.316. The van der Waals surface area contributed by atoms with Crippen molar-refractivity contribution >= 4 is 23.4 Å². The topological polar surface area (TPSA) is 91.4 Å². The van der Waals surface area contributed by atoms with Gasteiger partial charge in [0.05, 0.1) is 11.5 Å². The van der Waals surface area contributed by atoms with Crippen molar-refractivity contribution in [1.29, 1.82) is 0 Å². The minimum Gasteiger partial charge on any atom is -0.461 e. The van der Waals surface area contributed by atoms with Crippen LogP contribution in [0.3, 0.4) is 0 Å². The van der Waals surface area contributed by atoms with Crippen molar-refractivity contribution in [2.75, 3.05) is 12.1 Å². The fourth-order valence-corrected chi connectivity index (χ4v) is 3.81. The Balaban J connectivity index is 1.49. The van der Waals surface area contributed by atoms with E-state index in [-0.39, 0.29) is 24.0 Å². The first-order valence-corrected chi connectivity index (χ1v) is 9.77. The molecule has 3 heterocycles. The zero-order valence-electron chi connectivity index (χ0n) is 15.7. The predicted octanol–water partition coefficient (Wildman–Crippen LogP) is 3.97. The van der Waals surface area contributed by atoms with Crippen LogP contribution in [0.4, 0.5) is 5.69 Å². The Hall–Kier alpha value is -2.94. The van der Waals surface area contributed by atoms with Crippen LogP contribution < -0.4 is 14.8 Å². The number of furan rings is 1. The molecule has 9 heteroatoms. The summed E-state index contributed by atoms with van der Waals surface area (Å²) in [5, 5.41) is 11.7. The molecule has 1 amide bonds. The van der Waals surface area contributed by atoms with Gasteiger partial charge in [0.1, 0.15) is 0 Å². The summed E-state index contributed by atoms with van der Waals surface area (Å²) in [5.74, 6) is 2.45. The summed E-state index contributed by atoms with van der Waals surface area (Å²) in [7, 11) is 0. The van der Waals surface area contributed by atoms with Crippen molar-refractivity contribution in [2.24, 2.45) is 0 Å². The van der Waals surface area contributed by atoms with E-state index in [1.54, 1.807) is 24.5 Å². The highest BCUT2D eigenvalue weighted by atomic mass is 32.2. The number of nitrogens with one attached hydrogen (secondary N) is 1. The number of amides is 1. The van der Waals surface area contributed by atoms with E-state index in [0.29, 0.717) is 33.9 Å². The summed E-state index contributed by atoms with van der Waals surface area (Å²) in [6.07, 6.45) is 1.60. The van der Waals surface area contributed by atoms with E-state index in [1.165, 1.54) is 11.8 Å². The van der Waals surface area contributed by atoms with Crippen LogP contribution in [0, 0.1) is 0 Å². The number of fused-ring (bicyclic) bond motifs is 1. The van der Waals surface area contributed by atoms with Gasteiger partial charge in [-0.2, -0.15) is 0 Å². The van der Waals surface area contributed by atoms with Gasteiger partial charge >= 0.3 is 0 Å². The Morgan fingerprint density at radius 2 is 2.00 bits per heavy atom. The lowest BCUT2D eigenvalue weighted by Gasteiger charge is -2.15. The van der Waals surface area contributed by atoms with Gasteiger partial charge in [0.2, 0.25) is 18.5 Å². The fourth-order valence-electron chi connectivity index (χ4n) is 2.83. The van der Waals surface area contributed by atoms with Gasteiger partial charge in [0.25, 0.3) is 0 Å². The number of thioether (sulfide) groups is 1. The van der Waals surface area contributed by atoms with Crippen molar-refractivity contribution in [3.63, 3.8) is 0 Å². The van der Waals surface area contributed by atoms with Crippen LogP contribution >= 0.6 is 11.8 Å². The number of nitrogens with zero attached hydrogens (tertiary/aromatic N) is 3. The summed E-state index contributed by atoms with van der Waals surface area (Å²) < 4.78 is 18.1. The van der Waals surface area contributed by atoms with Crippen molar-refractivity contribution in [3.8, 4) is 23.1 Å². The number of carbonyl (C=O) groups excluding carboxylic acids is 1. The Morgan fingerprint density at radius 1 is 1.18 bits per heavy atom. The van der Waals surface area contributed by atoms with Crippen molar-refractivity contribution in [2.45, 2.75) is 37.2 Å². The maximum Gasteiger partial charge on any atom is 0.237 e. The molecule has 0 aliphatic carbocycles. The zero-order valence-corrected chi connectivity index (χ0v) is 16.5. The van der Waals surface area contributed by atoms with E-state index in [0.717, 1.165) is 0 Å². The van der Waals surface area contributed by atoms with Crippen LogP contribution in [-0.4, -0.2) is 32.7 Å². The largest absolute Gasteiger partial charge is 0.461 e. The van der Waals surface area contributed by atoms with Gasteiger partial charge in [-0.05, 0) is 45.0 Å². The van der Waals surface area contributed by atoms with Gasteiger partial charge in [0.15, 0.2) is 22.4 Å². The lowest BCUT2D eigenvalue weighted by molar-refractivity contribution is -0.115. The van der Waals surface area contributed by atoms with Gasteiger partial charge in [-0.25, -0.2) is 0 Å². The molecule has 0 unspecified atom stereocenters. The third-order valence-electron chi connectivity index (χ3n) is 4.21. The summed E-state index contributed by atoms with van der Waals surface area (Å²) >= 11 is 1.35. The van der Waals surface area contributed by atoms with E-state index in [2.05, 4.69) is 15.5 Å². The second-order valence-electron chi connectivity index (χ2n) is 6.56. The molecule has 2 aromatic heterocycles. The highest BCUT2D eigenvalue weighted by Crippen LogP contribution is 2.35. The lowest BCUT2D eigenvalue weighted by Crippen LogP contribution is -2.23. The maximum absolute atomic E-state index is 12.7. The molecule has 0 saturated heterocycles. The van der Waals surface area contributed by atoms with E-state index in [9.17, 15) is 4.79 Å². The zero-order chi connectivity index (χ0) is 19.7. The van der Waals surface area contributed by atoms with Crippen molar-refractivity contribution < 1.29 is 18.7 Å². The molecule has 0 spiro atoms. The first-order chi connectivity index (χ1) is 13.5. The third kappa shape index (κ3) is 3.57. The molecule has 146 valence electrons. The van der Waals surface area contributed by atoms with Crippen molar-refractivity contribution in [1.82, 2.24) is 14.8 Å². The van der Waals surface area contributed by atoms with Crippen LogP contribution in [0.15, 0.2) is 46.2 Å². The van der Waals surface area contributed by atoms with Crippen LogP contribution in [0.25, 0.3) is 11.6 Å². The Morgan fingerprint density at radius 3 is 2.75 bits per heavy atom. The quantitative estimate of drug-likeness (QED) is 0.626. The predicted molar refractivity (Wildman–Crippen MR) is 105 cm³/mol. The monoisotopic (exact) mass is 400 g/mol. The number of rotatable bonds is 6. The molecule has 0 fully saturated rings. The number of aromatic nitrogens is 3. The summed E-state index contributed by atoms with van der Waals surface area (Å²) in [6, 6.07) is 9.08. The molecule has 4 rings (SSSR count). The number of benzene rings is 1. The van der Waals surface area contributed by atoms with E-state index in [1.807, 2.05) is 37.5 Å². The molecule has 1 aliphatic rings. The summed E-state index contributed by atoms with van der Waals surface area (Å²) in [4.78, 5) is 12.7. The molecular formula is C19H20N4O4S.